The standard InChI is InChI=1S/C16H15BrN2OS/c1-10-5-6-14(17)13(7-10)16(20)19-9-11-3-2-4-12(8-11)15(18)21/h2-8H,9H2,1H3,(H2,18,21)(H,19,20). The first kappa shape index (κ1) is 15.7. The van der Waals surface area contributed by atoms with E-state index in [-0.39, 0.29) is 5.91 Å². The van der Waals surface area contributed by atoms with Gasteiger partial charge in [0.25, 0.3) is 5.91 Å². The lowest BCUT2D eigenvalue weighted by molar-refractivity contribution is 0.0950. The molecule has 0 radical (unpaired) electrons. The quantitative estimate of drug-likeness (QED) is 0.820. The van der Waals surface area contributed by atoms with Gasteiger partial charge in [-0.1, -0.05) is 42.0 Å². The Bertz CT molecular complexity index is 700. The first-order valence-corrected chi connectivity index (χ1v) is 7.60. The van der Waals surface area contributed by atoms with E-state index in [2.05, 4.69) is 21.2 Å². The fourth-order valence-electron chi connectivity index (χ4n) is 1.93. The number of carbonyl (C=O) groups is 1. The molecule has 0 unspecified atom stereocenters. The predicted octanol–water partition coefficient (Wildman–Crippen LogP) is 3.32. The Morgan fingerprint density at radius 1 is 1.29 bits per heavy atom. The maximum absolute atomic E-state index is 12.2. The predicted molar refractivity (Wildman–Crippen MR) is 92.4 cm³/mol. The number of nitrogens with two attached hydrogens (primary N) is 1. The molecule has 1 amide bonds. The molecule has 0 aliphatic heterocycles. The molecule has 0 heterocycles. The van der Waals surface area contributed by atoms with Crippen LogP contribution in [0.15, 0.2) is 46.9 Å². The van der Waals surface area contributed by atoms with Gasteiger partial charge in [0.05, 0.1) is 5.56 Å². The van der Waals surface area contributed by atoms with E-state index in [0.717, 1.165) is 21.2 Å². The number of rotatable bonds is 4. The molecule has 21 heavy (non-hydrogen) atoms. The van der Waals surface area contributed by atoms with Gasteiger partial charge in [-0.2, -0.15) is 0 Å². The summed E-state index contributed by atoms with van der Waals surface area (Å²) in [4.78, 5) is 12.6. The molecule has 0 saturated heterocycles. The van der Waals surface area contributed by atoms with Crippen molar-refractivity contribution >= 4 is 39.0 Å². The molecule has 5 heteroatoms. The summed E-state index contributed by atoms with van der Waals surface area (Å²) >= 11 is 8.34. The fourth-order valence-corrected chi connectivity index (χ4v) is 2.48. The van der Waals surface area contributed by atoms with Gasteiger partial charge < -0.3 is 11.1 Å². The molecule has 2 rings (SSSR count). The van der Waals surface area contributed by atoms with E-state index >= 15 is 0 Å². The van der Waals surface area contributed by atoms with Gasteiger partial charge >= 0.3 is 0 Å². The highest BCUT2D eigenvalue weighted by atomic mass is 79.9. The molecule has 0 aliphatic rings. The highest BCUT2D eigenvalue weighted by Gasteiger charge is 2.10. The molecule has 0 saturated carbocycles. The molecular formula is C16H15BrN2OS. The lowest BCUT2D eigenvalue weighted by atomic mass is 10.1. The number of hydrogen-bond acceptors (Lipinski definition) is 2. The van der Waals surface area contributed by atoms with E-state index in [1.807, 2.05) is 49.4 Å². The topological polar surface area (TPSA) is 55.1 Å². The Balaban J connectivity index is 2.09. The number of nitrogens with one attached hydrogen (secondary N) is 1. The van der Waals surface area contributed by atoms with Crippen molar-refractivity contribution in [3.05, 3.63) is 69.2 Å². The molecule has 108 valence electrons. The van der Waals surface area contributed by atoms with Gasteiger partial charge in [0.2, 0.25) is 0 Å². The van der Waals surface area contributed by atoms with E-state index in [1.165, 1.54) is 0 Å². The fraction of sp³-hybridized carbons (Fsp3) is 0.125. The van der Waals surface area contributed by atoms with E-state index in [0.29, 0.717) is 17.1 Å². The SMILES string of the molecule is Cc1ccc(Br)c(C(=O)NCc2cccc(C(N)=S)c2)c1. The highest BCUT2D eigenvalue weighted by molar-refractivity contribution is 9.10. The molecule has 0 aromatic heterocycles. The van der Waals surface area contributed by atoms with Crippen molar-refractivity contribution in [3.63, 3.8) is 0 Å². The van der Waals surface area contributed by atoms with Crippen molar-refractivity contribution in [2.75, 3.05) is 0 Å². The minimum atomic E-state index is -0.119. The van der Waals surface area contributed by atoms with Crippen LogP contribution in [0, 0.1) is 6.92 Å². The molecular weight excluding hydrogens is 348 g/mol. The third kappa shape index (κ3) is 4.12. The number of amides is 1. The number of halogens is 1. The summed E-state index contributed by atoms with van der Waals surface area (Å²) in [6.45, 7) is 2.38. The zero-order valence-electron chi connectivity index (χ0n) is 11.5. The van der Waals surface area contributed by atoms with Crippen molar-refractivity contribution in [1.29, 1.82) is 0 Å². The molecule has 0 aliphatic carbocycles. The lowest BCUT2D eigenvalue weighted by Gasteiger charge is -2.09. The maximum atomic E-state index is 12.2. The number of hydrogen-bond donors (Lipinski definition) is 2. The van der Waals surface area contributed by atoms with Crippen LogP contribution in [0.3, 0.4) is 0 Å². The van der Waals surface area contributed by atoms with Crippen LogP contribution in [-0.4, -0.2) is 10.9 Å². The van der Waals surface area contributed by atoms with Gasteiger partial charge in [0.15, 0.2) is 0 Å². The number of aryl methyl sites for hydroxylation is 1. The van der Waals surface area contributed by atoms with Crippen LogP contribution < -0.4 is 11.1 Å². The Morgan fingerprint density at radius 2 is 2.05 bits per heavy atom. The van der Waals surface area contributed by atoms with Gasteiger partial charge in [-0.3, -0.25) is 4.79 Å². The van der Waals surface area contributed by atoms with Crippen molar-refractivity contribution < 1.29 is 4.79 Å². The van der Waals surface area contributed by atoms with Gasteiger partial charge in [-0.25, -0.2) is 0 Å². The van der Waals surface area contributed by atoms with Gasteiger partial charge in [0.1, 0.15) is 4.99 Å². The summed E-state index contributed by atoms with van der Waals surface area (Å²) < 4.78 is 0.780. The zero-order valence-corrected chi connectivity index (χ0v) is 13.9. The van der Waals surface area contributed by atoms with E-state index in [4.69, 9.17) is 18.0 Å². The van der Waals surface area contributed by atoms with Crippen molar-refractivity contribution in [2.45, 2.75) is 13.5 Å². The van der Waals surface area contributed by atoms with Gasteiger partial charge in [0, 0.05) is 16.6 Å². The highest BCUT2D eigenvalue weighted by Crippen LogP contribution is 2.18. The smallest absolute Gasteiger partial charge is 0.252 e. The first-order valence-electron chi connectivity index (χ1n) is 6.40. The maximum Gasteiger partial charge on any atom is 0.252 e. The minimum absolute atomic E-state index is 0.119. The normalized spacial score (nSPS) is 10.2. The summed E-state index contributed by atoms with van der Waals surface area (Å²) in [5.74, 6) is -0.119. The molecule has 2 aromatic rings. The van der Waals surface area contributed by atoms with Crippen LogP contribution in [0.4, 0.5) is 0 Å². The molecule has 0 bridgehead atoms. The molecule has 3 N–H and O–H groups in total. The van der Waals surface area contributed by atoms with Crippen molar-refractivity contribution in [3.8, 4) is 0 Å². The van der Waals surface area contributed by atoms with Crippen LogP contribution in [0.25, 0.3) is 0 Å². The third-order valence-electron chi connectivity index (χ3n) is 3.03. The summed E-state index contributed by atoms with van der Waals surface area (Å²) in [5.41, 5.74) is 9.03. The van der Waals surface area contributed by atoms with Gasteiger partial charge in [-0.05, 0) is 46.6 Å². The largest absolute Gasteiger partial charge is 0.389 e. The van der Waals surface area contributed by atoms with Crippen LogP contribution >= 0.6 is 28.1 Å². The van der Waals surface area contributed by atoms with Crippen LogP contribution in [0.1, 0.15) is 27.0 Å². The van der Waals surface area contributed by atoms with Crippen LogP contribution in [-0.2, 0) is 6.54 Å². The van der Waals surface area contributed by atoms with Crippen LogP contribution in [0.5, 0.6) is 0 Å². The zero-order chi connectivity index (χ0) is 15.4. The average Bonchev–Trinajstić information content (AvgIpc) is 2.47. The minimum Gasteiger partial charge on any atom is -0.389 e. The average molecular weight is 363 g/mol. The summed E-state index contributed by atoms with van der Waals surface area (Å²) in [6.07, 6.45) is 0. The summed E-state index contributed by atoms with van der Waals surface area (Å²) in [5, 5.41) is 2.90. The first-order chi connectivity index (χ1) is 9.97. The molecule has 0 spiro atoms. The summed E-state index contributed by atoms with van der Waals surface area (Å²) in [6, 6.07) is 13.2. The third-order valence-corrected chi connectivity index (χ3v) is 3.96. The monoisotopic (exact) mass is 362 g/mol. The number of carbonyl (C=O) groups excluding carboxylic acids is 1. The van der Waals surface area contributed by atoms with Crippen molar-refractivity contribution in [2.24, 2.45) is 5.73 Å². The summed E-state index contributed by atoms with van der Waals surface area (Å²) in [7, 11) is 0. The molecule has 0 fully saturated rings. The second kappa shape index (κ2) is 6.83. The second-order valence-electron chi connectivity index (χ2n) is 4.73. The molecule has 3 nitrogen and oxygen atoms in total. The number of benzene rings is 2. The van der Waals surface area contributed by atoms with E-state index in [1.54, 1.807) is 0 Å². The number of thiocarbonyl (C=S) groups is 1. The Kier molecular flexibility index (Phi) is 5.09. The Labute approximate surface area is 137 Å². The Hall–Kier alpha value is -1.72. The second-order valence-corrected chi connectivity index (χ2v) is 6.02. The molecule has 0 atom stereocenters. The van der Waals surface area contributed by atoms with E-state index in [9.17, 15) is 4.79 Å². The Morgan fingerprint density at radius 3 is 2.76 bits per heavy atom. The van der Waals surface area contributed by atoms with Gasteiger partial charge in [-0.15, -0.1) is 0 Å². The van der Waals surface area contributed by atoms with Crippen LogP contribution in [0.2, 0.25) is 0 Å². The lowest BCUT2D eigenvalue weighted by Crippen LogP contribution is -2.23. The van der Waals surface area contributed by atoms with Crippen molar-refractivity contribution in [1.82, 2.24) is 5.32 Å². The van der Waals surface area contributed by atoms with E-state index < -0.39 is 0 Å². The molecule has 2 aromatic carbocycles.